The molecule has 0 N–H and O–H groups in total. The summed E-state index contributed by atoms with van der Waals surface area (Å²) in [5.74, 6) is -0.423. The Labute approximate surface area is 95.7 Å². The Morgan fingerprint density at radius 2 is 2.19 bits per heavy atom. The summed E-state index contributed by atoms with van der Waals surface area (Å²) in [6.07, 6.45) is 3.61. The summed E-state index contributed by atoms with van der Waals surface area (Å²) >= 11 is 1.19. The minimum atomic E-state index is -0.423. The van der Waals surface area contributed by atoms with E-state index in [1.807, 2.05) is 0 Å². The van der Waals surface area contributed by atoms with Crippen molar-refractivity contribution in [3.05, 3.63) is 48.2 Å². The molecule has 0 saturated heterocycles. The van der Waals surface area contributed by atoms with Crippen molar-refractivity contribution in [3.63, 3.8) is 0 Å². The smallest absolute Gasteiger partial charge is 0.150 e. The zero-order chi connectivity index (χ0) is 11.4. The summed E-state index contributed by atoms with van der Waals surface area (Å²) < 4.78 is 13.5. The van der Waals surface area contributed by atoms with Crippen LogP contribution in [0, 0.1) is 5.82 Å². The minimum Gasteiger partial charge on any atom is -0.298 e. The molecule has 0 aliphatic rings. The topological polar surface area (TPSA) is 42.9 Å². The van der Waals surface area contributed by atoms with E-state index in [0.29, 0.717) is 21.8 Å². The highest BCUT2D eigenvalue weighted by molar-refractivity contribution is 7.99. The van der Waals surface area contributed by atoms with Gasteiger partial charge in [0.1, 0.15) is 23.5 Å². The summed E-state index contributed by atoms with van der Waals surface area (Å²) in [7, 11) is 0. The van der Waals surface area contributed by atoms with Crippen LogP contribution in [-0.2, 0) is 0 Å². The lowest BCUT2D eigenvalue weighted by Gasteiger charge is -2.02. The third kappa shape index (κ3) is 2.43. The van der Waals surface area contributed by atoms with Crippen molar-refractivity contribution in [2.24, 2.45) is 0 Å². The Kier molecular flexibility index (Phi) is 3.26. The first kappa shape index (κ1) is 10.8. The Bertz CT molecular complexity index is 505. The second-order valence-corrected chi connectivity index (χ2v) is 4.02. The van der Waals surface area contributed by atoms with E-state index in [9.17, 15) is 9.18 Å². The van der Waals surface area contributed by atoms with E-state index in [-0.39, 0.29) is 0 Å². The molecule has 0 radical (unpaired) electrons. The van der Waals surface area contributed by atoms with Gasteiger partial charge in [-0.15, -0.1) is 0 Å². The Morgan fingerprint density at radius 1 is 1.31 bits per heavy atom. The third-order valence-electron chi connectivity index (χ3n) is 1.86. The summed E-state index contributed by atoms with van der Waals surface area (Å²) in [6.45, 7) is 0. The Morgan fingerprint density at radius 3 is 2.81 bits per heavy atom. The molecule has 5 heteroatoms. The quantitative estimate of drug-likeness (QED) is 0.604. The molecular formula is C11H7FN2OS. The number of halogens is 1. The van der Waals surface area contributed by atoms with Gasteiger partial charge in [-0.3, -0.25) is 4.79 Å². The molecule has 0 bridgehead atoms. The largest absolute Gasteiger partial charge is 0.298 e. The van der Waals surface area contributed by atoms with E-state index in [1.54, 1.807) is 24.4 Å². The third-order valence-corrected chi connectivity index (χ3v) is 2.86. The first-order valence-electron chi connectivity index (χ1n) is 4.48. The van der Waals surface area contributed by atoms with Gasteiger partial charge in [0, 0.05) is 16.7 Å². The van der Waals surface area contributed by atoms with E-state index in [1.165, 1.54) is 24.2 Å². The maximum absolute atomic E-state index is 13.5. The molecular weight excluding hydrogens is 227 g/mol. The van der Waals surface area contributed by atoms with Gasteiger partial charge >= 0.3 is 0 Å². The predicted octanol–water partition coefficient (Wildman–Crippen LogP) is 2.58. The zero-order valence-electron chi connectivity index (χ0n) is 8.13. The highest BCUT2D eigenvalue weighted by Crippen LogP contribution is 2.27. The van der Waals surface area contributed by atoms with Gasteiger partial charge in [0.05, 0.1) is 0 Å². The molecule has 0 amide bonds. The number of benzene rings is 1. The minimum absolute atomic E-state index is 0.324. The monoisotopic (exact) mass is 234 g/mol. The van der Waals surface area contributed by atoms with Gasteiger partial charge in [-0.05, 0) is 18.2 Å². The lowest BCUT2D eigenvalue weighted by atomic mass is 10.2. The fourth-order valence-electron chi connectivity index (χ4n) is 1.12. The fraction of sp³-hybridized carbons (Fsp3) is 0. The Balaban J connectivity index is 2.25. The van der Waals surface area contributed by atoms with Gasteiger partial charge in [-0.2, -0.15) is 0 Å². The Hall–Kier alpha value is -1.75. The molecule has 0 aliphatic heterocycles. The molecule has 3 nitrogen and oxygen atoms in total. The number of carbonyl (C=O) groups excluding carboxylic acids is 1. The van der Waals surface area contributed by atoms with Crippen molar-refractivity contribution >= 4 is 18.0 Å². The van der Waals surface area contributed by atoms with Crippen molar-refractivity contribution in [2.75, 3.05) is 0 Å². The lowest BCUT2D eigenvalue weighted by molar-refractivity contribution is 0.112. The van der Waals surface area contributed by atoms with Gasteiger partial charge in [0.2, 0.25) is 0 Å². The summed E-state index contributed by atoms with van der Waals surface area (Å²) in [5, 5.41) is 0.660. The number of hydrogen-bond acceptors (Lipinski definition) is 4. The average Bonchev–Trinajstić information content (AvgIpc) is 2.33. The van der Waals surface area contributed by atoms with Crippen molar-refractivity contribution in [1.82, 2.24) is 9.97 Å². The molecule has 0 saturated carbocycles. The van der Waals surface area contributed by atoms with Crippen molar-refractivity contribution in [1.29, 1.82) is 0 Å². The van der Waals surface area contributed by atoms with Gasteiger partial charge in [-0.1, -0.05) is 17.8 Å². The number of nitrogens with zero attached hydrogens (tertiary/aromatic N) is 2. The SMILES string of the molecule is O=Cc1ccc(Sc2ccncn2)c(F)c1. The van der Waals surface area contributed by atoms with Crippen molar-refractivity contribution < 1.29 is 9.18 Å². The van der Waals surface area contributed by atoms with E-state index in [0.717, 1.165) is 0 Å². The van der Waals surface area contributed by atoms with Crippen LogP contribution in [0.4, 0.5) is 4.39 Å². The lowest BCUT2D eigenvalue weighted by Crippen LogP contribution is -1.87. The molecule has 0 aliphatic carbocycles. The van der Waals surface area contributed by atoms with E-state index in [4.69, 9.17) is 0 Å². The predicted molar refractivity (Wildman–Crippen MR) is 57.9 cm³/mol. The van der Waals surface area contributed by atoms with Crippen LogP contribution in [0.25, 0.3) is 0 Å². The molecule has 80 valence electrons. The zero-order valence-corrected chi connectivity index (χ0v) is 8.95. The maximum Gasteiger partial charge on any atom is 0.150 e. The first-order chi connectivity index (χ1) is 7.79. The van der Waals surface area contributed by atoms with Gasteiger partial charge in [0.15, 0.2) is 0 Å². The van der Waals surface area contributed by atoms with Crippen LogP contribution in [0.15, 0.2) is 46.7 Å². The second kappa shape index (κ2) is 4.85. The van der Waals surface area contributed by atoms with Crippen molar-refractivity contribution in [2.45, 2.75) is 9.92 Å². The molecule has 16 heavy (non-hydrogen) atoms. The van der Waals surface area contributed by atoms with Crippen LogP contribution in [0.1, 0.15) is 10.4 Å². The van der Waals surface area contributed by atoms with E-state index in [2.05, 4.69) is 9.97 Å². The number of aromatic nitrogens is 2. The summed E-state index contributed by atoms with van der Waals surface area (Å²) in [4.78, 5) is 18.6. The number of carbonyl (C=O) groups is 1. The van der Waals surface area contributed by atoms with Gasteiger partial charge in [0.25, 0.3) is 0 Å². The molecule has 2 rings (SSSR count). The van der Waals surface area contributed by atoms with Crippen LogP contribution >= 0.6 is 11.8 Å². The highest BCUT2D eigenvalue weighted by atomic mass is 32.2. The van der Waals surface area contributed by atoms with E-state index < -0.39 is 5.82 Å². The average molecular weight is 234 g/mol. The fourth-order valence-corrected chi connectivity index (χ4v) is 1.87. The number of rotatable bonds is 3. The molecule has 0 unspecified atom stereocenters. The molecule has 0 atom stereocenters. The molecule has 1 aromatic carbocycles. The summed E-state index contributed by atoms with van der Waals surface area (Å²) in [6, 6.07) is 6.03. The number of aldehydes is 1. The molecule has 1 aromatic heterocycles. The molecule has 0 fully saturated rings. The van der Waals surface area contributed by atoms with Gasteiger partial charge in [-0.25, -0.2) is 14.4 Å². The molecule has 2 aromatic rings. The van der Waals surface area contributed by atoms with Crippen LogP contribution in [0.3, 0.4) is 0 Å². The van der Waals surface area contributed by atoms with Crippen LogP contribution in [-0.4, -0.2) is 16.3 Å². The van der Waals surface area contributed by atoms with E-state index >= 15 is 0 Å². The van der Waals surface area contributed by atoms with Crippen LogP contribution in [0.2, 0.25) is 0 Å². The molecule has 1 heterocycles. The normalized spacial score (nSPS) is 10.1. The second-order valence-electron chi connectivity index (χ2n) is 2.96. The number of hydrogen-bond donors (Lipinski definition) is 0. The standard InChI is InChI=1S/C11H7FN2OS/c12-9-5-8(6-15)1-2-10(9)16-11-3-4-13-7-14-11/h1-7H. The van der Waals surface area contributed by atoms with Crippen LogP contribution < -0.4 is 0 Å². The van der Waals surface area contributed by atoms with Gasteiger partial charge < -0.3 is 0 Å². The first-order valence-corrected chi connectivity index (χ1v) is 5.30. The van der Waals surface area contributed by atoms with Crippen LogP contribution in [0.5, 0.6) is 0 Å². The maximum atomic E-state index is 13.5. The molecule has 0 spiro atoms. The van der Waals surface area contributed by atoms with Crippen molar-refractivity contribution in [3.8, 4) is 0 Å². The summed E-state index contributed by atoms with van der Waals surface area (Å²) in [5.41, 5.74) is 0.324. The highest BCUT2D eigenvalue weighted by Gasteiger charge is 2.05.